The first-order valence-corrected chi connectivity index (χ1v) is 7.55. The van der Waals surface area contributed by atoms with E-state index in [9.17, 15) is 19.2 Å². The molecule has 0 aromatic carbocycles. The van der Waals surface area contributed by atoms with Crippen molar-refractivity contribution < 1.29 is 19.5 Å². The largest absolute Gasteiger partial charge is 0.481 e. The number of carbonyl (C=O) groups is 3. The summed E-state index contributed by atoms with van der Waals surface area (Å²) in [6, 6.07) is 2.37. The van der Waals surface area contributed by atoms with Crippen molar-refractivity contribution in [2.75, 3.05) is 0 Å². The number of Topliss-reactive ketones (excluding diaryl/α,β-unsaturated/α-hetero) is 2. The first-order chi connectivity index (χ1) is 11.4. The summed E-state index contributed by atoms with van der Waals surface area (Å²) in [5.41, 5.74) is -2.47. The lowest BCUT2D eigenvalue weighted by Gasteiger charge is -2.30. The highest BCUT2D eigenvalue weighted by Gasteiger charge is 2.41. The summed E-state index contributed by atoms with van der Waals surface area (Å²) >= 11 is 0. The van der Waals surface area contributed by atoms with Gasteiger partial charge in [0, 0.05) is 17.8 Å². The molecule has 2 unspecified atom stereocenters. The van der Waals surface area contributed by atoms with Gasteiger partial charge in [-0.1, -0.05) is 20.8 Å². The summed E-state index contributed by atoms with van der Waals surface area (Å²) in [5, 5.41) is 25.0. The van der Waals surface area contributed by atoms with E-state index in [0.717, 1.165) is 12.3 Å². The second-order valence-electron chi connectivity index (χ2n) is 6.82. The van der Waals surface area contributed by atoms with E-state index in [2.05, 4.69) is 4.98 Å². The lowest BCUT2D eigenvalue weighted by atomic mass is 9.71. The number of carboxylic acid groups (broad SMARTS) is 1. The molecule has 0 bridgehead atoms. The fourth-order valence-electron chi connectivity index (χ4n) is 2.29. The van der Waals surface area contributed by atoms with Gasteiger partial charge < -0.3 is 20.9 Å². The predicted octanol–water partition coefficient (Wildman–Crippen LogP) is 1.55. The third kappa shape index (κ3) is 4.56. The van der Waals surface area contributed by atoms with Crippen molar-refractivity contribution in [1.29, 1.82) is 10.8 Å². The number of nitrogens with one attached hydrogen (secondary N) is 3. The zero-order valence-corrected chi connectivity index (χ0v) is 14.5. The number of ketones is 2. The number of rotatable bonds is 7. The summed E-state index contributed by atoms with van der Waals surface area (Å²) in [5.74, 6) is -5.58. The standard InChI is InChI=1S/C17H21N3O5/c1-8(16(24)25)12(18)15(23)11(17(2,3)4)13(19)14(22)9-5-6-10(21)20-7-9/h5-8,11,18-19H,1-4H3,(H,20,21)(H,24,25). The summed E-state index contributed by atoms with van der Waals surface area (Å²) in [7, 11) is 0. The molecule has 0 radical (unpaired) electrons. The molecular weight excluding hydrogens is 326 g/mol. The summed E-state index contributed by atoms with van der Waals surface area (Å²) in [6.45, 7) is 6.09. The van der Waals surface area contributed by atoms with Gasteiger partial charge in [0.05, 0.1) is 23.3 Å². The van der Waals surface area contributed by atoms with Crippen molar-refractivity contribution in [2.24, 2.45) is 17.3 Å². The molecule has 0 saturated carbocycles. The van der Waals surface area contributed by atoms with Crippen LogP contribution >= 0.6 is 0 Å². The van der Waals surface area contributed by atoms with E-state index >= 15 is 0 Å². The van der Waals surface area contributed by atoms with Crippen molar-refractivity contribution in [3.8, 4) is 0 Å². The first kappa shape index (κ1) is 20.1. The second-order valence-corrected chi connectivity index (χ2v) is 6.82. The van der Waals surface area contributed by atoms with Crippen LogP contribution in [0.25, 0.3) is 0 Å². The molecule has 1 heterocycles. The molecule has 1 rings (SSSR count). The van der Waals surface area contributed by atoms with E-state index in [4.69, 9.17) is 15.9 Å². The number of carbonyl (C=O) groups excluding carboxylic acids is 2. The lowest BCUT2D eigenvalue weighted by Crippen LogP contribution is -2.44. The number of aromatic amines is 1. The van der Waals surface area contributed by atoms with Crippen molar-refractivity contribution in [3.63, 3.8) is 0 Å². The zero-order valence-electron chi connectivity index (χ0n) is 14.5. The molecule has 4 N–H and O–H groups in total. The molecule has 25 heavy (non-hydrogen) atoms. The summed E-state index contributed by atoms with van der Waals surface area (Å²) in [6.07, 6.45) is 1.15. The summed E-state index contributed by atoms with van der Waals surface area (Å²) in [4.78, 5) is 49.6. The molecule has 0 fully saturated rings. The first-order valence-electron chi connectivity index (χ1n) is 7.55. The molecule has 1 aromatic rings. The maximum atomic E-state index is 12.6. The van der Waals surface area contributed by atoms with Crippen molar-refractivity contribution >= 4 is 29.0 Å². The molecule has 8 nitrogen and oxygen atoms in total. The Hall–Kier alpha value is -2.90. The normalized spacial score (nSPS) is 13.6. The fourth-order valence-corrected chi connectivity index (χ4v) is 2.29. The van der Waals surface area contributed by atoms with Crippen LogP contribution in [0.4, 0.5) is 0 Å². The van der Waals surface area contributed by atoms with Gasteiger partial charge in [-0.05, 0) is 18.4 Å². The van der Waals surface area contributed by atoms with Crippen LogP contribution in [0.15, 0.2) is 23.1 Å². The minimum Gasteiger partial charge on any atom is -0.481 e. The Bertz CT molecular complexity index is 781. The lowest BCUT2D eigenvalue weighted by molar-refractivity contribution is -0.139. The molecule has 0 saturated heterocycles. The van der Waals surface area contributed by atoms with Crippen LogP contribution in [0.5, 0.6) is 0 Å². The maximum Gasteiger partial charge on any atom is 0.312 e. The topological polar surface area (TPSA) is 152 Å². The van der Waals surface area contributed by atoms with Crippen LogP contribution in [0, 0.1) is 28.1 Å². The van der Waals surface area contributed by atoms with Gasteiger partial charge >= 0.3 is 5.97 Å². The van der Waals surface area contributed by atoms with E-state index in [1.54, 1.807) is 20.8 Å². The monoisotopic (exact) mass is 347 g/mol. The highest BCUT2D eigenvalue weighted by atomic mass is 16.4. The maximum absolute atomic E-state index is 12.6. The Kier molecular flexibility index (Phi) is 5.91. The average molecular weight is 347 g/mol. The van der Waals surface area contributed by atoms with Gasteiger partial charge in [0.15, 0.2) is 5.78 Å². The van der Waals surface area contributed by atoms with Crippen molar-refractivity contribution in [1.82, 2.24) is 4.98 Å². The van der Waals surface area contributed by atoms with Gasteiger partial charge in [-0.15, -0.1) is 0 Å². The number of H-pyrrole nitrogens is 1. The van der Waals surface area contributed by atoms with E-state index < -0.39 is 51.8 Å². The third-order valence-corrected chi connectivity index (χ3v) is 3.78. The van der Waals surface area contributed by atoms with Crippen molar-refractivity contribution in [3.05, 3.63) is 34.2 Å². The molecular formula is C17H21N3O5. The molecule has 0 amide bonds. The van der Waals surface area contributed by atoms with Crippen LogP contribution in [0.2, 0.25) is 0 Å². The van der Waals surface area contributed by atoms with Crippen LogP contribution in [0.1, 0.15) is 38.1 Å². The highest BCUT2D eigenvalue weighted by molar-refractivity contribution is 6.55. The summed E-state index contributed by atoms with van der Waals surface area (Å²) < 4.78 is 0. The Balaban J connectivity index is 3.25. The third-order valence-electron chi connectivity index (χ3n) is 3.78. The molecule has 0 aliphatic rings. The SMILES string of the molecule is CC(C(=N)C(=O)C(C(=N)C(=O)c1ccc(=O)[nH]c1)C(C)(C)C)C(=O)O. The number of aliphatic carboxylic acids is 1. The molecule has 2 atom stereocenters. The Morgan fingerprint density at radius 2 is 1.68 bits per heavy atom. The quantitative estimate of drug-likeness (QED) is 0.435. The van der Waals surface area contributed by atoms with E-state index in [-0.39, 0.29) is 5.56 Å². The minimum absolute atomic E-state index is 0.0319. The molecule has 134 valence electrons. The van der Waals surface area contributed by atoms with Crippen LogP contribution in [-0.4, -0.2) is 39.0 Å². The van der Waals surface area contributed by atoms with E-state index in [1.165, 1.54) is 13.0 Å². The number of aromatic nitrogens is 1. The Morgan fingerprint density at radius 3 is 2.08 bits per heavy atom. The second kappa shape index (κ2) is 7.33. The van der Waals surface area contributed by atoms with Crippen molar-refractivity contribution in [2.45, 2.75) is 27.7 Å². The number of hydrogen-bond donors (Lipinski definition) is 4. The van der Waals surface area contributed by atoms with Crippen LogP contribution in [0.3, 0.4) is 0 Å². The number of pyridine rings is 1. The Morgan fingerprint density at radius 1 is 1.12 bits per heavy atom. The molecule has 0 aliphatic carbocycles. The molecule has 1 aromatic heterocycles. The van der Waals surface area contributed by atoms with E-state index in [0.29, 0.717) is 0 Å². The van der Waals surface area contributed by atoms with Gasteiger partial charge in [-0.25, -0.2) is 0 Å². The molecule has 0 aliphatic heterocycles. The average Bonchev–Trinajstić information content (AvgIpc) is 2.51. The van der Waals surface area contributed by atoms with Gasteiger partial charge in [-0.3, -0.25) is 19.2 Å². The minimum atomic E-state index is -1.34. The van der Waals surface area contributed by atoms with Gasteiger partial charge in [0.2, 0.25) is 11.3 Å². The zero-order chi connectivity index (χ0) is 19.5. The van der Waals surface area contributed by atoms with Gasteiger partial charge in [0.25, 0.3) is 0 Å². The smallest absolute Gasteiger partial charge is 0.312 e. The van der Waals surface area contributed by atoms with Gasteiger partial charge in [0.1, 0.15) is 0 Å². The molecule has 8 heteroatoms. The highest BCUT2D eigenvalue weighted by Crippen LogP contribution is 2.30. The number of hydrogen-bond acceptors (Lipinski definition) is 6. The predicted molar refractivity (Wildman–Crippen MR) is 91.6 cm³/mol. The number of carboxylic acids is 1. The van der Waals surface area contributed by atoms with Gasteiger partial charge in [-0.2, -0.15) is 0 Å². The van der Waals surface area contributed by atoms with Crippen LogP contribution in [-0.2, 0) is 9.59 Å². The van der Waals surface area contributed by atoms with E-state index in [1.807, 2.05) is 0 Å². The Labute approximate surface area is 144 Å². The fraction of sp³-hybridized carbons (Fsp3) is 0.412. The molecule has 0 spiro atoms. The van der Waals surface area contributed by atoms with Crippen LogP contribution < -0.4 is 5.56 Å².